The molecule has 3 aromatic carbocycles. The third kappa shape index (κ3) is 4.14. The lowest BCUT2D eigenvalue weighted by Gasteiger charge is -2.23. The molecule has 1 amide bonds. The molecule has 35 heavy (non-hydrogen) atoms. The zero-order valence-corrected chi connectivity index (χ0v) is 20.5. The number of ether oxygens (including phenoxy) is 2. The van der Waals surface area contributed by atoms with E-state index in [0.29, 0.717) is 33.2 Å². The molecule has 8 heteroatoms. The number of rotatable bonds is 6. The van der Waals surface area contributed by atoms with Crippen LogP contribution in [-0.2, 0) is 11.2 Å². The van der Waals surface area contributed by atoms with Crippen molar-refractivity contribution < 1.29 is 14.3 Å². The first kappa shape index (κ1) is 23.0. The van der Waals surface area contributed by atoms with Crippen molar-refractivity contribution in [3.63, 3.8) is 0 Å². The molecule has 1 atom stereocenters. The Morgan fingerprint density at radius 2 is 1.77 bits per heavy atom. The van der Waals surface area contributed by atoms with Gasteiger partial charge in [0.1, 0.15) is 0 Å². The molecule has 7 nitrogen and oxygen atoms in total. The Morgan fingerprint density at radius 1 is 1.03 bits per heavy atom. The molecular weight excluding hydrogens is 462 g/mol. The number of aromatic nitrogens is 2. The van der Waals surface area contributed by atoms with Crippen molar-refractivity contribution in [1.82, 2.24) is 9.55 Å². The second-order valence-electron chi connectivity index (χ2n) is 8.33. The normalized spacial score (nSPS) is 14.7. The summed E-state index contributed by atoms with van der Waals surface area (Å²) in [7, 11) is 3.11. The van der Waals surface area contributed by atoms with Gasteiger partial charge in [0.25, 0.3) is 5.56 Å². The van der Waals surface area contributed by atoms with Gasteiger partial charge in [-0.15, -0.1) is 0 Å². The molecule has 4 aromatic rings. The van der Waals surface area contributed by atoms with Gasteiger partial charge in [-0.2, -0.15) is 0 Å². The van der Waals surface area contributed by atoms with Crippen LogP contribution in [0.25, 0.3) is 16.6 Å². The third-order valence-corrected chi connectivity index (χ3v) is 7.09. The first-order chi connectivity index (χ1) is 17.0. The van der Waals surface area contributed by atoms with E-state index in [9.17, 15) is 9.59 Å². The number of carbonyl (C=O) groups excluding carboxylic acids is 1. The largest absolute Gasteiger partial charge is 0.493 e. The minimum atomic E-state index is -0.211. The van der Waals surface area contributed by atoms with E-state index in [1.165, 1.54) is 21.9 Å². The van der Waals surface area contributed by atoms with E-state index in [-0.39, 0.29) is 23.3 Å². The number of methoxy groups -OCH3 is 2. The van der Waals surface area contributed by atoms with E-state index in [1.807, 2.05) is 35.2 Å². The molecule has 1 aromatic heterocycles. The van der Waals surface area contributed by atoms with Crippen molar-refractivity contribution in [3.8, 4) is 17.2 Å². The van der Waals surface area contributed by atoms with Gasteiger partial charge in [-0.3, -0.25) is 14.2 Å². The zero-order valence-electron chi connectivity index (χ0n) is 19.7. The Hall–Kier alpha value is -3.78. The molecule has 0 aliphatic carbocycles. The molecule has 0 N–H and O–H groups in total. The molecule has 0 radical (unpaired) electrons. The molecule has 0 bridgehead atoms. The minimum Gasteiger partial charge on any atom is -0.493 e. The number of para-hydroxylation sites is 2. The van der Waals surface area contributed by atoms with Gasteiger partial charge in [-0.05, 0) is 49.2 Å². The Morgan fingerprint density at radius 3 is 2.57 bits per heavy atom. The van der Waals surface area contributed by atoms with Crippen molar-refractivity contribution in [2.75, 3.05) is 24.9 Å². The van der Waals surface area contributed by atoms with E-state index >= 15 is 0 Å². The first-order valence-electron chi connectivity index (χ1n) is 11.3. The summed E-state index contributed by atoms with van der Waals surface area (Å²) in [6, 6.07) is 20.6. The van der Waals surface area contributed by atoms with Crippen molar-refractivity contribution in [2.24, 2.45) is 0 Å². The highest BCUT2D eigenvalue weighted by atomic mass is 32.2. The molecule has 1 aliphatic rings. The maximum Gasteiger partial charge on any atom is 0.266 e. The maximum atomic E-state index is 13.6. The van der Waals surface area contributed by atoms with Gasteiger partial charge in [-0.1, -0.05) is 42.1 Å². The van der Waals surface area contributed by atoms with Crippen molar-refractivity contribution in [3.05, 3.63) is 82.6 Å². The summed E-state index contributed by atoms with van der Waals surface area (Å²) in [4.78, 5) is 33.5. The van der Waals surface area contributed by atoms with Crippen LogP contribution in [0.5, 0.6) is 11.5 Å². The van der Waals surface area contributed by atoms with E-state index in [2.05, 4.69) is 13.0 Å². The number of amides is 1. The average molecular weight is 488 g/mol. The van der Waals surface area contributed by atoms with Crippen molar-refractivity contribution in [2.45, 2.75) is 24.5 Å². The Kier molecular flexibility index (Phi) is 6.21. The van der Waals surface area contributed by atoms with Crippen LogP contribution in [0.15, 0.2) is 76.7 Å². The molecule has 0 unspecified atom stereocenters. The van der Waals surface area contributed by atoms with Crippen molar-refractivity contribution >= 4 is 34.3 Å². The predicted octanol–water partition coefficient (Wildman–Crippen LogP) is 4.47. The molecule has 2 heterocycles. The number of hydrogen-bond donors (Lipinski definition) is 0. The van der Waals surface area contributed by atoms with Crippen LogP contribution in [0.3, 0.4) is 0 Å². The van der Waals surface area contributed by atoms with Crippen LogP contribution in [0, 0.1) is 0 Å². The fraction of sp³-hybridized carbons (Fsp3) is 0.222. The number of benzene rings is 3. The first-order valence-corrected chi connectivity index (χ1v) is 12.3. The lowest BCUT2D eigenvalue weighted by Crippen LogP contribution is -2.37. The van der Waals surface area contributed by atoms with Crippen LogP contribution < -0.4 is 19.9 Å². The van der Waals surface area contributed by atoms with Gasteiger partial charge in [-0.25, -0.2) is 4.98 Å². The van der Waals surface area contributed by atoms with Crippen LogP contribution in [0.1, 0.15) is 12.5 Å². The summed E-state index contributed by atoms with van der Waals surface area (Å²) < 4.78 is 12.3. The predicted molar refractivity (Wildman–Crippen MR) is 138 cm³/mol. The van der Waals surface area contributed by atoms with Crippen LogP contribution >= 0.6 is 11.8 Å². The molecule has 0 spiro atoms. The summed E-state index contributed by atoms with van der Waals surface area (Å²) in [5, 5.41) is 0.939. The van der Waals surface area contributed by atoms with Gasteiger partial charge in [0.05, 0.1) is 36.6 Å². The van der Waals surface area contributed by atoms with Crippen molar-refractivity contribution in [1.29, 1.82) is 0 Å². The topological polar surface area (TPSA) is 73.7 Å². The summed E-state index contributed by atoms with van der Waals surface area (Å²) in [6.07, 6.45) is 0.831. The molecule has 5 rings (SSSR count). The summed E-state index contributed by atoms with van der Waals surface area (Å²) in [5.74, 6) is 1.19. The third-order valence-electron chi connectivity index (χ3n) is 6.17. The second kappa shape index (κ2) is 9.46. The van der Waals surface area contributed by atoms with Gasteiger partial charge in [0, 0.05) is 17.8 Å². The minimum absolute atomic E-state index is 0.0197. The Balaban J connectivity index is 1.54. The van der Waals surface area contributed by atoms with Crippen LogP contribution in [0.2, 0.25) is 0 Å². The highest BCUT2D eigenvalue weighted by molar-refractivity contribution is 7.99. The molecule has 0 fully saturated rings. The Labute approximate surface area is 207 Å². The van der Waals surface area contributed by atoms with E-state index in [4.69, 9.17) is 14.5 Å². The number of hydrogen-bond acceptors (Lipinski definition) is 6. The fourth-order valence-corrected chi connectivity index (χ4v) is 5.41. The molecule has 0 saturated carbocycles. The van der Waals surface area contributed by atoms with Gasteiger partial charge in [0.2, 0.25) is 5.91 Å². The Bertz CT molecular complexity index is 1480. The van der Waals surface area contributed by atoms with E-state index < -0.39 is 0 Å². The molecule has 0 saturated heterocycles. The van der Waals surface area contributed by atoms with Gasteiger partial charge < -0.3 is 14.4 Å². The smallest absolute Gasteiger partial charge is 0.266 e. The van der Waals surface area contributed by atoms with E-state index in [0.717, 1.165) is 12.1 Å². The SMILES string of the molecule is COc1ccc(-n2c(SCC(=O)N3c4ccccc4C[C@H]3C)nc3ccccc3c2=O)cc1OC. The van der Waals surface area contributed by atoms with Crippen LogP contribution in [-0.4, -0.2) is 41.5 Å². The molecular formula is C27H25N3O4S. The van der Waals surface area contributed by atoms with Crippen LogP contribution in [0.4, 0.5) is 5.69 Å². The maximum absolute atomic E-state index is 13.6. The lowest BCUT2D eigenvalue weighted by atomic mass is 10.1. The molecule has 178 valence electrons. The number of nitrogens with zero attached hydrogens (tertiary/aromatic N) is 3. The number of thioether (sulfide) groups is 1. The quantitative estimate of drug-likeness (QED) is 0.295. The van der Waals surface area contributed by atoms with Gasteiger partial charge in [0.15, 0.2) is 16.7 Å². The van der Waals surface area contributed by atoms with Gasteiger partial charge >= 0.3 is 0 Å². The summed E-state index contributed by atoms with van der Waals surface area (Å²) >= 11 is 1.25. The highest BCUT2D eigenvalue weighted by Gasteiger charge is 2.30. The number of anilines is 1. The average Bonchev–Trinajstić information content (AvgIpc) is 3.22. The highest BCUT2D eigenvalue weighted by Crippen LogP contribution is 2.34. The zero-order chi connectivity index (χ0) is 24.5. The number of fused-ring (bicyclic) bond motifs is 2. The second-order valence-corrected chi connectivity index (χ2v) is 9.27. The standard InChI is InChI=1S/C27H25N3O4S/c1-17-14-18-8-4-7-11-22(18)29(17)25(31)16-35-27-28-21-10-6-5-9-20(21)26(32)30(27)19-12-13-23(33-2)24(15-19)34-3/h4-13,15,17H,14,16H2,1-3H3/t17-/m1/s1. The molecule has 1 aliphatic heterocycles. The summed E-state index contributed by atoms with van der Waals surface area (Å²) in [6.45, 7) is 2.05. The lowest BCUT2D eigenvalue weighted by molar-refractivity contribution is -0.116. The fourth-order valence-electron chi connectivity index (χ4n) is 4.54. The summed E-state index contributed by atoms with van der Waals surface area (Å²) in [5.41, 5.74) is 3.08. The van der Waals surface area contributed by atoms with E-state index in [1.54, 1.807) is 44.6 Å². The monoisotopic (exact) mass is 487 g/mol. The number of carbonyl (C=O) groups is 1.